The van der Waals surface area contributed by atoms with Gasteiger partial charge in [0.25, 0.3) is 10.0 Å². The van der Waals surface area contributed by atoms with Gasteiger partial charge in [-0.25, -0.2) is 21.6 Å². The Labute approximate surface area is 159 Å². The lowest BCUT2D eigenvalue weighted by Gasteiger charge is -2.25. The molecular formula is C18H22N2O5S2. The van der Waals surface area contributed by atoms with Crippen molar-refractivity contribution in [2.45, 2.75) is 41.7 Å². The van der Waals surface area contributed by atoms with Crippen molar-refractivity contribution >= 4 is 25.7 Å². The van der Waals surface area contributed by atoms with Crippen LogP contribution in [-0.2, 0) is 20.0 Å². The van der Waals surface area contributed by atoms with Gasteiger partial charge in [0.15, 0.2) is 0 Å². The second kappa shape index (κ2) is 7.59. The van der Waals surface area contributed by atoms with Crippen LogP contribution in [0.1, 0.15) is 19.8 Å². The van der Waals surface area contributed by atoms with Crippen LogP contribution in [0.2, 0.25) is 0 Å². The number of hydrogen-bond donors (Lipinski definition) is 2. The van der Waals surface area contributed by atoms with Crippen LogP contribution >= 0.6 is 0 Å². The summed E-state index contributed by atoms with van der Waals surface area (Å²) in [6, 6.07) is 13.5. The topological polar surface area (TPSA) is 104 Å². The molecule has 146 valence electrons. The molecule has 1 saturated carbocycles. The Morgan fingerprint density at radius 1 is 1.00 bits per heavy atom. The zero-order valence-corrected chi connectivity index (χ0v) is 16.4. The smallest absolute Gasteiger partial charge is 0.264 e. The van der Waals surface area contributed by atoms with Gasteiger partial charge in [0, 0.05) is 6.04 Å². The summed E-state index contributed by atoms with van der Waals surface area (Å²) in [4.78, 5) is -0.0208. The predicted molar refractivity (Wildman–Crippen MR) is 102 cm³/mol. The summed E-state index contributed by atoms with van der Waals surface area (Å²) in [6.45, 7) is 1.39. The largest absolute Gasteiger partial charge is 0.392 e. The highest BCUT2D eigenvalue weighted by Crippen LogP contribution is 2.26. The summed E-state index contributed by atoms with van der Waals surface area (Å²) >= 11 is 0. The van der Waals surface area contributed by atoms with Gasteiger partial charge in [0.05, 0.1) is 28.1 Å². The molecule has 2 aromatic carbocycles. The lowest BCUT2D eigenvalue weighted by molar-refractivity contribution is 0.204. The van der Waals surface area contributed by atoms with Crippen molar-refractivity contribution in [1.82, 2.24) is 4.72 Å². The van der Waals surface area contributed by atoms with E-state index in [1.54, 1.807) is 30.3 Å². The van der Waals surface area contributed by atoms with Crippen molar-refractivity contribution in [3.05, 3.63) is 54.6 Å². The number of hydrogen-bond acceptors (Lipinski definition) is 5. The standard InChI is InChI=1S/C18H22N2O5S2/c1-14(21)13-20(16-5-3-2-4-6-16)27(24,25)18-11-9-17(10-12-18)26(22,23)19-15-7-8-15/h2-6,9-12,14-15,19,21H,7-8,13H2,1H3. The summed E-state index contributed by atoms with van der Waals surface area (Å²) in [5.41, 5.74) is 0.422. The molecule has 27 heavy (non-hydrogen) atoms. The fourth-order valence-corrected chi connectivity index (χ4v) is 5.43. The average molecular weight is 411 g/mol. The lowest BCUT2D eigenvalue weighted by atomic mass is 10.3. The maximum Gasteiger partial charge on any atom is 0.264 e. The van der Waals surface area contributed by atoms with Gasteiger partial charge in [-0.05, 0) is 56.2 Å². The number of aliphatic hydroxyl groups excluding tert-OH is 1. The minimum atomic E-state index is -3.96. The molecule has 9 heteroatoms. The Morgan fingerprint density at radius 3 is 2.07 bits per heavy atom. The Hall–Kier alpha value is -1.94. The number of rotatable bonds is 8. The summed E-state index contributed by atoms with van der Waals surface area (Å²) in [5.74, 6) is 0. The van der Waals surface area contributed by atoms with E-state index in [4.69, 9.17) is 0 Å². The molecule has 1 fully saturated rings. The number of anilines is 1. The van der Waals surface area contributed by atoms with Gasteiger partial charge in [-0.2, -0.15) is 0 Å². The molecule has 1 atom stereocenters. The summed E-state index contributed by atoms with van der Waals surface area (Å²) in [7, 11) is -7.61. The molecule has 1 aliphatic carbocycles. The van der Waals surface area contributed by atoms with Gasteiger partial charge >= 0.3 is 0 Å². The van der Waals surface area contributed by atoms with E-state index < -0.39 is 26.2 Å². The third-order valence-electron chi connectivity index (χ3n) is 4.10. The Kier molecular flexibility index (Phi) is 5.57. The van der Waals surface area contributed by atoms with E-state index in [1.807, 2.05) is 0 Å². The SMILES string of the molecule is CC(O)CN(c1ccccc1)S(=O)(=O)c1ccc(S(=O)(=O)NC2CC2)cc1. The van der Waals surface area contributed by atoms with Crippen LogP contribution in [0.3, 0.4) is 0 Å². The third kappa shape index (κ3) is 4.67. The number of nitrogens with one attached hydrogen (secondary N) is 1. The van der Waals surface area contributed by atoms with Gasteiger partial charge < -0.3 is 5.11 Å². The Morgan fingerprint density at radius 2 is 1.56 bits per heavy atom. The van der Waals surface area contributed by atoms with Gasteiger partial charge in [0.1, 0.15) is 0 Å². The number of nitrogens with zero attached hydrogens (tertiary/aromatic N) is 1. The molecule has 0 heterocycles. The van der Waals surface area contributed by atoms with Gasteiger partial charge in [-0.3, -0.25) is 4.31 Å². The Bertz CT molecular complexity index is 984. The number of para-hydroxylation sites is 1. The van der Waals surface area contributed by atoms with Crippen LogP contribution in [0, 0.1) is 0 Å². The van der Waals surface area contributed by atoms with Crippen molar-refractivity contribution < 1.29 is 21.9 Å². The molecule has 1 aliphatic rings. The van der Waals surface area contributed by atoms with E-state index in [9.17, 15) is 21.9 Å². The molecule has 0 amide bonds. The molecule has 7 nitrogen and oxygen atoms in total. The molecule has 1 unspecified atom stereocenters. The second-order valence-electron chi connectivity index (χ2n) is 6.59. The van der Waals surface area contributed by atoms with E-state index in [1.165, 1.54) is 31.2 Å². The van der Waals surface area contributed by atoms with Crippen LogP contribution in [-0.4, -0.2) is 40.6 Å². The first-order valence-electron chi connectivity index (χ1n) is 8.58. The highest BCUT2D eigenvalue weighted by Gasteiger charge is 2.29. The average Bonchev–Trinajstić information content (AvgIpc) is 3.43. The highest BCUT2D eigenvalue weighted by atomic mass is 32.2. The summed E-state index contributed by atoms with van der Waals surface area (Å²) in [5, 5.41) is 9.74. The van der Waals surface area contributed by atoms with Crippen LogP contribution in [0.25, 0.3) is 0 Å². The molecule has 0 radical (unpaired) electrons. The molecule has 0 aromatic heterocycles. The predicted octanol–water partition coefficient (Wildman–Crippen LogP) is 1.70. The van der Waals surface area contributed by atoms with E-state index in [-0.39, 0.29) is 22.4 Å². The van der Waals surface area contributed by atoms with Crippen molar-refractivity contribution in [2.75, 3.05) is 10.8 Å². The molecule has 0 aliphatic heterocycles. The second-order valence-corrected chi connectivity index (χ2v) is 10.2. The van der Waals surface area contributed by atoms with E-state index in [2.05, 4.69) is 4.72 Å². The summed E-state index contributed by atoms with van der Waals surface area (Å²) < 4.78 is 54.3. The fourth-order valence-electron chi connectivity index (χ4n) is 2.58. The third-order valence-corrected chi connectivity index (χ3v) is 7.44. The van der Waals surface area contributed by atoms with Crippen molar-refractivity contribution in [3.8, 4) is 0 Å². The molecule has 0 saturated heterocycles. The number of benzene rings is 2. The van der Waals surface area contributed by atoms with E-state index in [0.717, 1.165) is 17.1 Å². The molecule has 0 bridgehead atoms. The molecule has 2 aromatic rings. The quantitative estimate of drug-likeness (QED) is 0.689. The molecule has 0 spiro atoms. The number of aliphatic hydroxyl groups is 1. The monoisotopic (exact) mass is 410 g/mol. The zero-order valence-electron chi connectivity index (χ0n) is 14.8. The highest BCUT2D eigenvalue weighted by molar-refractivity contribution is 7.93. The number of sulfonamides is 2. The summed E-state index contributed by atoms with van der Waals surface area (Å²) in [6.07, 6.45) is 0.760. The van der Waals surface area contributed by atoms with Crippen LogP contribution in [0.15, 0.2) is 64.4 Å². The Balaban J connectivity index is 1.92. The van der Waals surface area contributed by atoms with E-state index >= 15 is 0 Å². The zero-order chi connectivity index (χ0) is 19.7. The first kappa shape index (κ1) is 19.8. The maximum absolute atomic E-state index is 13.1. The van der Waals surface area contributed by atoms with Crippen LogP contribution < -0.4 is 9.03 Å². The minimum absolute atomic E-state index is 0.0233. The molecular weight excluding hydrogens is 388 g/mol. The van der Waals surface area contributed by atoms with Crippen LogP contribution in [0.4, 0.5) is 5.69 Å². The van der Waals surface area contributed by atoms with E-state index in [0.29, 0.717) is 5.69 Å². The van der Waals surface area contributed by atoms with Crippen LogP contribution in [0.5, 0.6) is 0 Å². The van der Waals surface area contributed by atoms with Gasteiger partial charge in [0.2, 0.25) is 10.0 Å². The first-order chi connectivity index (χ1) is 12.7. The normalized spacial score (nSPS) is 16.1. The molecule has 3 rings (SSSR count). The van der Waals surface area contributed by atoms with Gasteiger partial charge in [-0.1, -0.05) is 18.2 Å². The van der Waals surface area contributed by atoms with Gasteiger partial charge in [-0.15, -0.1) is 0 Å². The fraction of sp³-hybridized carbons (Fsp3) is 0.333. The first-order valence-corrected chi connectivity index (χ1v) is 11.5. The maximum atomic E-state index is 13.1. The minimum Gasteiger partial charge on any atom is -0.392 e. The van der Waals surface area contributed by atoms with Crippen molar-refractivity contribution in [1.29, 1.82) is 0 Å². The lowest BCUT2D eigenvalue weighted by Crippen LogP contribution is -2.36. The van der Waals surface area contributed by atoms with Crippen molar-refractivity contribution in [2.24, 2.45) is 0 Å². The van der Waals surface area contributed by atoms with Crippen molar-refractivity contribution in [3.63, 3.8) is 0 Å². The molecule has 2 N–H and O–H groups in total.